The van der Waals surface area contributed by atoms with E-state index in [1.807, 2.05) is 13.8 Å². The standard InChI is InChI=1S/C15H24O4.CH4/c1-8(2)7-11(16)12-9(3)10-5-6-15(4,18)14(17)13(10)19-12;/h8,10,12-14,17-18H,3,5-7H2,1-2,4H3;1H4/t10?,12-,13-,14+,15-;/m0./s1. The highest BCUT2D eigenvalue weighted by molar-refractivity contribution is 5.86. The van der Waals surface area contributed by atoms with Crippen molar-refractivity contribution in [1.82, 2.24) is 0 Å². The predicted molar refractivity (Wildman–Crippen MR) is 78.3 cm³/mol. The van der Waals surface area contributed by atoms with Gasteiger partial charge in [-0.2, -0.15) is 0 Å². The molecule has 0 aromatic carbocycles. The first-order valence-electron chi connectivity index (χ1n) is 7.01. The fraction of sp³-hybridized carbons (Fsp3) is 0.812. The fourth-order valence-electron chi connectivity index (χ4n) is 3.13. The molecule has 0 spiro atoms. The molecule has 4 heteroatoms. The number of ether oxygens (including phenoxy) is 1. The Hall–Kier alpha value is -0.710. The molecule has 0 aromatic heterocycles. The van der Waals surface area contributed by atoms with Gasteiger partial charge in [-0.1, -0.05) is 27.9 Å². The van der Waals surface area contributed by atoms with Crippen molar-refractivity contribution >= 4 is 5.78 Å². The molecule has 1 unspecified atom stereocenters. The predicted octanol–water partition coefficient (Wildman–Crippen LogP) is 2.08. The number of ketones is 1. The molecule has 0 amide bonds. The van der Waals surface area contributed by atoms with Crippen molar-refractivity contribution in [2.24, 2.45) is 11.8 Å². The van der Waals surface area contributed by atoms with Crippen LogP contribution in [0, 0.1) is 11.8 Å². The molecule has 0 radical (unpaired) electrons. The Bertz CT molecular complexity index is 386. The summed E-state index contributed by atoms with van der Waals surface area (Å²) in [5.74, 6) is 0.289. The van der Waals surface area contributed by atoms with E-state index in [-0.39, 0.29) is 25.0 Å². The van der Waals surface area contributed by atoms with Gasteiger partial charge < -0.3 is 14.9 Å². The number of hydrogen-bond donors (Lipinski definition) is 2. The van der Waals surface area contributed by atoms with Crippen molar-refractivity contribution in [1.29, 1.82) is 0 Å². The van der Waals surface area contributed by atoms with Gasteiger partial charge >= 0.3 is 0 Å². The van der Waals surface area contributed by atoms with Crippen LogP contribution in [0.15, 0.2) is 12.2 Å². The van der Waals surface area contributed by atoms with E-state index in [9.17, 15) is 15.0 Å². The van der Waals surface area contributed by atoms with Gasteiger partial charge in [0.2, 0.25) is 0 Å². The summed E-state index contributed by atoms with van der Waals surface area (Å²) in [6.45, 7) is 9.58. The van der Waals surface area contributed by atoms with Crippen molar-refractivity contribution in [2.45, 2.75) is 71.4 Å². The van der Waals surface area contributed by atoms with Crippen molar-refractivity contribution in [3.05, 3.63) is 12.2 Å². The maximum absolute atomic E-state index is 12.1. The minimum absolute atomic E-state index is 0. The highest BCUT2D eigenvalue weighted by atomic mass is 16.5. The van der Waals surface area contributed by atoms with E-state index in [4.69, 9.17) is 4.74 Å². The Morgan fingerprint density at radius 3 is 2.70 bits per heavy atom. The number of Topliss-reactive ketones (excluding diaryl/α,β-unsaturated/α-hetero) is 1. The quantitative estimate of drug-likeness (QED) is 0.779. The second kappa shape index (κ2) is 5.96. The summed E-state index contributed by atoms with van der Waals surface area (Å²) in [5.41, 5.74) is -0.373. The molecule has 1 aliphatic heterocycles. The average molecular weight is 284 g/mol. The van der Waals surface area contributed by atoms with Crippen LogP contribution in [-0.4, -0.2) is 39.9 Å². The largest absolute Gasteiger partial charge is 0.387 e. The highest BCUT2D eigenvalue weighted by Crippen LogP contribution is 2.44. The Morgan fingerprint density at radius 2 is 2.15 bits per heavy atom. The maximum atomic E-state index is 12.1. The van der Waals surface area contributed by atoms with E-state index in [1.54, 1.807) is 6.92 Å². The van der Waals surface area contributed by atoms with Crippen LogP contribution in [0.25, 0.3) is 0 Å². The van der Waals surface area contributed by atoms with E-state index in [0.717, 1.165) is 5.57 Å². The molecular weight excluding hydrogens is 256 g/mol. The summed E-state index contributed by atoms with van der Waals surface area (Å²) >= 11 is 0. The first kappa shape index (κ1) is 17.3. The normalized spacial score (nSPS) is 40.4. The van der Waals surface area contributed by atoms with Crippen LogP contribution >= 0.6 is 0 Å². The van der Waals surface area contributed by atoms with Crippen LogP contribution in [0.2, 0.25) is 0 Å². The second-order valence-electron chi connectivity index (χ2n) is 6.57. The number of hydrogen-bond acceptors (Lipinski definition) is 4. The lowest BCUT2D eigenvalue weighted by atomic mass is 9.73. The molecule has 1 heterocycles. The van der Waals surface area contributed by atoms with Crippen LogP contribution in [0.5, 0.6) is 0 Å². The topological polar surface area (TPSA) is 66.8 Å². The summed E-state index contributed by atoms with van der Waals surface area (Å²) in [5, 5.41) is 20.3. The van der Waals surface area contributed by atoms with Crippen LogP contribution in [-0.2, 0) is 9.53 Å². The Balaban J connectivity index is 0.00000200. The molecule has 116 valence electrons. The molecule has 20 heavy (non-hydrogen) atoms. The van der Waals surface area contributed by atoms with Gasteiger partial charge in [-0.3, -0.25) is 4.79 Å². The summed E-state index contributed by atoms with van der Waals surface area (Å²) in [6, 6.07) is 0. The molecular formula is C16H28O4. The third kappa shape index (κ3) is 2.97. The zero-order chi connectivity index (χ0) is 14.4. The van der Waals surface area contributed by atoms with Gasteiger partial charge in [-0.15, -0.1) is 0 Å². The Kier molecular flexibility index (Phi) is 5.17. The molecule has 1 saturated carbocycles. The van der Waals surface area contributed by atoms with E-state index in [2.05, 4.69) is 6.58 Å². The number of rotatable bonds is 3. The Morgan fingerprint density at radius 1 is 1.55 bits per heavy atom. The SMILES string of the molecule is C.C=C1C2CC[C@](C)(O)[C@H](O)[C@H]2O[C@@H]1C(=O)CC(C)C. The smallest absolute Gasteiger partial charge is 0.166 e. The molecule has 2 aliphatic rings. The monoisotopic (exact) mass is 284 g/mol. The van der Waals surface area contributed by atoms with Crippen LogP contribution in [0.3, 0.4) is 0 Å². The first-order chi connectivity index (χ1) is 8.74. The van der Waals surface area contributed by atoms with Gasteiger partial charge in [0.05, 0.1) is 11.7 Å². The maximum Gasteiger partial charge on any atom is 0.166 e. The molecule has 0 bridgehead atoms. The number of carbonyl (C=O) groups is 1. The van der Waals surface area contributed by atoms with E-state index < -0.39 is 23.9 Å². The molecule has 1 aliphatic carbocycles. The summed E-state index contributed by atoms with van der Waals surface area (Å²) < 4.78 is 5.73. The molecule has 5 atom stereocenters. The number of aliphatic hydroxyl groups is 2. The fourth-order valence-corrected chi connectivity index (χ4v) is 3.13. The summed E-state index contributed by atoms with van der Waals surface area (Å²) in [6.07, 6.45) is -0.407. The van der Waals surface area contributed by atoms with Gasteiger partial charge in [0.1, 0.15) is 12.2 Å². The lowest BCUT2D eigenvalue weighted by molar-refractivity contribution is -0.166. The number of carbonyl (C=O) groups excluding carboxylic acids is 1. The highest BCUT2D eigenvalue weighted by Gasteiger charge is 2.53. The van der Waals surface area contributed by atoms with Gasteiger partial charge in [0.25, 0.3) is 0 Å². The van der Waals surface area contributed by atoms with Crippen LogP contribution in [0.1, 0.15) is 47.5 Å². The van der Waals surface area contributed by atoms with Crippen LogP contribution in [0.4, 0.5) is 0 Å². The summed E-state index contributed by atoms with van der Waals surface area (Å²) in [7, 11) is 0. The van der Waals surface area contributed by atoms with Crippen molar-refractivity contribution in [3.63, 3.8) is 0 Å². The van der Waals surface area contributed by atoms with E-state index >= 15 is 0 Å². The molecule has 2 rings (SSSR count). The van der Waals surface area contributed by atoms with Crippen molar-refractivity contribution < 1.29 is 19.7 Å². The third-order valence-electron chi connectivity index (χ3n) is 4.31. The van der Waals surface area contributed by atoms with Gasteiger partial charge in [-0.05, 0) is 31.3 Å². The van der Waals surface area contributed by atoms with E-state index in [0.29, 0.717) is 19.3 Å². The molecule has 4 nitrogen and oxygen atoms in total. The lowest BCUT2D eigenvalue weighted by Gasteiger charge is -2.40. The van der Waals surface area contributed by atoms with E-state index in [1.165, 1.54) is 0 Å². The number of fused-ring (bicyclic) bond motifs is 1. The van der Waals surface area contributed by atoms with Gasteiger partial charge in [-0.25, -0.2) is 0 Å². The van der Waals surface area contributed by atoms with Gasteiger partial charge in [0.15, 0.2) is 5.78 Å². The second-order valence-corrected chi connectivity index (χ2v) is 6.57. The summed E-state index contributed by atoms with van der Waals surface area (Å²) in [4.78, 5) is 12.1. The third-order valence-corrected chi connectivity index (χ3v) is 4.31. The molecule has 0 aromatic rings. The molecule has 2 N–H and O–H groups in total. The zero-order valence-corrected chi connectivity index (χ0v) is 11.9. The Labute approximate surface area is 121 Å². The van der Waals surface area contributed by atoms with Crippen molar-refractivity contribution in [2.75, 3.05) is 0 Å². The molecule has 2 fully saturated rings. The first-order valence-corrected chi connectivity index (χ1v) is 7.01. The average Bonchev–Trinajstić information content (AvgIpc) is 2.61. The van der Waals surface area contributed by atoms with Crippen molar-refractivity contribution in [3.8, 4) is 0 Å². The minimum atomic E-state index is -1.14. The zero-order valence-electron chi connectivity index (χ0n) is 11.9. The van der Waals surface area contributed by atoms with Crippen LogP contribution < -0.4 is 0 Å². The molecule has 1 saturated heterocycles. The number of aliphatic hydroxyl groups excluding tert-OH is 1. The lowest BCUT2D eigenvalue weighted by Crippen LogP contribution is -2.53. The minimum Gasteiger partial charge on any atom is -0.387 e. The van der Waals surface area contributed by atoms with Gasteiger partial charge in [0, 0.05) is 12.3 Å².